The van der Waals surface area contributed by atoms with E-state index >= 15 is 0 Å². The first kappa shape index (κ1) is 11.6. The zero-order valence-corrected chi connectivity index (χ0v) is 7.88. The summed E-state index contributed by atoms with van der Waals surface area (Å²) in [5, 5.41) is 0. The fourth-order valence-corrected chi connectivity index (χ4v) is 1.05. The molecule has 0 unspecified atom stereocenters. The maximum absolute atomic E-state index is 11.9. The van der Waals surface area contributed by atoms with Crippen molar-refractivity contribution in [3.05, 3.63) is 36.5 Å². The smallest absolute Gasteiger partial charge is 0.469 e. The van der Waals surface area contributed by atoms with E-state index in [1.54, 1.807) is 0 Å². The molecular formula is C7H5F3O4S. The molecule has 0 atom stereocenters. The van der Waals surface area contributed by atoms with E-state index in [-0.39, 0.29) is 0 Å². The molecule has 0 saturated heterocycles. The maximum atomic E-state index is 11.9. The van der Waals surface area contributed by atoms with E-state index in [1.165, 1.54) is 12.2 Å². The number of hydrogen-bond acceptors (Lipinski definition) is 4. The Morgan fingerprint density at radius 1 is 1.27 bits per heavy atom. The first-order valence-electron chi connectivity index (χ1n) is 3.52. The summed E-state index contributed by atoms with van der Waals surface area (Å²) in [5.74, 6) is -0.558. The Morgan fingerprint density at radius 3 is 2.53 bits per heavy atom. The number of allylic oxidation sites excluding steroid dienone is 3. The Hall–Kier alpha value is -1.44. The lowest BCUT2D eigenvalue weighted by molar-refractivity contribution is -0.0520. The van der Waals surface area contributed by atoms with Crippen molar-refractivity contribution in [3.63, 3.8) is 0 Å². The molecule has 0 aromatic carbocycles. The quantitative estimate of drug-likeness (QED) is 0.547. The number of hydrogen-bond donors (Lipinski definition) is 0. The van der Waals surface area contributed by atoms with Crippen molar-refractivity contribution in [3.8, 4) is 0 Å². The van der Waals surface area contributed by atoms with Crippen molar-refractivity contribution in [2.75, 3.05) is 0 Å². The molecule has 4 nitrogen and oxygen atoms in total. The summed E-state index contributed by atoms with van der Waals surface area (Å²) >= 11 is 0. The van der Waals surface area contributed by atoms with Crippen molar-refractivity contribution in [2.45, 2.75) is 5.51 Å². The Bertz CT molecular complexity index is 416. The SMILES string of the molecule is O=S(=O)(OC1=COC=CC=C1)C(F)(F)F. The molecule has 0 aromatic rings. The minimum atomic E-state index is -5.64. The van der Waals surface area contributed by atoms with Gasteiger partial charge in [0.15, 0.2) is 5.76 Å². The van der Waals surface area contributed by atoms with Gasteiger partial charge in [0.05, 0.1) is 6.26 Å². The normalized spacial score (nSPS) is 16.6. The molecule has 0 N–H and O–H groups in total. The predicted molar refractivity (Wildman–Crippen MR) is 43.5 cm³/mol. The summed E-state index contributed by atoms with van der Waals surface area (Å²) in [7, 11) is -5.64. The van der Waals surface area contributed by atoms with Gasteiger partial charge in [-0.1, -0.05) is 6.08 Å². The summed E-state index contributed by atoms with van der Waals surface area (Å²) < 4.78 is 65.0. The van der Waals surface area contributed by atoms with E-state index in [0.717, 1.165) is 18.6 Å². The van der Waals surface area contributed by atoms with Gasteiger partial charge in [-0.3, -0.25) is 0 Å². The van der Waals surface area contributed by atoms with Crippen LogP contribution in [0.4, 0.5) is 13.2 Å². The molecule has 1 aliphatic heterocycles. The second kappa shape index (κ2) is 3.97. The lowest BCUT2D eigenvalue weighted by Crippen LogP contribution is -2.25. The van der Waals surface area contributed by atoms with E-state index < -0.39 is 21.4 Å². The number of halogens is 3. The molecule has 0 amide bonds. The number of rotatable bonds is 2. The largest absolute Gasteiger partial charge is 0.534 e. The Labute approximate surface area is 83.4 Å². The molecule has 1 heterocycles. The van der Waals surface area contributed by atoms with Gasteiger partial charge < -0.3 is 8.92 Å². The van der Waals surface area contributed by atoms with E-state index in [0.29, 0.717) is 0 Å². The van der Waals surface area contributed by atoms with Gasteiger partial charge in [-0.05, 0) is 12.2 Å². The maximum Gasteiger partial charge on any atom is 0.534 e. The molecule has 0 bridgehead atoms. The van der Waals surface area contributed by atoms with Gasteiger partial charge in [-0.2, -0.15) is 21.6 Å². The van der Waals surface area contributed by atoms with Gasteiger partial charge in [0.2, 0.25) is 0 Å². The Balaban J connectivity index is 2.84. The van der Waals surface area contributed by atoms with Crippen LogP contribution in [0, 0.1) is 0 Å². The third-order valence-corrected chi connectivity index (χ3v) is 2.18. The molecule has 0 aromatic heterocycles. The minimum absolute atomic E-state index is 0.558. The average Bonchev–Trinajstić information content (AvgIpc) is 2.30. The van der Waals surface area contributed by atoms with Crippen LogP contribution in [0.5, 0.6) is 0 Å². The van der Waals surface area contributed by atoms with Crippen LogP contribution < -0.4 is 0 Å². The molecule has 0 aliphatic carbocycles. The lowest BCUT2D eigenvalue weighted by atomic mass is 10.4. The number of alkyl halides is 3. The number of ether oxygens (including phenoxy) is 1. The van der Waals surface area contributed by atoms with Crippen LogP contribution in [0.2, 0.25) is 0 Å². The van der Waals surface area contributed by atoms with Crippen LogP contribution in [0.3, 0.4) is 0 Å². The second-order valence-electron chi connectivity index (χ2n) is 2.33. The van der Waals surface area contributed by atoms with Crippen molar-refractivity contribution in [1.82, 2.24) is 0 Å². The first-order valence-corrected chi connectivity index (χ1v) is 4.93. The van der Waals surface area contributed by atoms with Crippen molar-refractivity contribution < 1.29 is 30.5 Å². The topological polar surface area (TPSA) is 52.6 Å². The molecule has 8 heteroatoms. The molecule has 15 heavy (non-hydrogen) atoms. The third kappa shape index (κ3) is 3.01. The summed E-state index contributed by atoms with van der Waals surface area (Å²) in [6.45, 7) is 0. The van der Waals surface area contributed by atoms with Gasteiger partial charge in [0.25, 0.3) is 0 Å². The standard InChI is InChI=1S/C7H5F3O4S/c8-7(9,10)15(11,12)14-6-3-1-2-4-13-5-6/h1-5H. The fraction of sp³-hybridized carbons (Fsp3) is 0.143. The van der Waals surface area contributed by atoms with Gasteiger partial charge >= 0.3 is 15.6 Å². The highest BCUT2D eigenvalue weighted by molar-refractivity contribution is 7.87. The van der Waals surface area contributed by atoms with Crippen LogP contribution in [0.1, 0.15) is 0 Å². The Kier molecular flexibility index (Phi) is 3.08. The molecule has 0 fully saturated rings. The third-order valence-electron chi connectivity index (χ3n) is 1.20. The van der Waals surface area contributed by atoms with Crippen LogP contribution >= 0.6 is 0 Å². The van der Waals surface area contributed by atoms with Crippen molar-refractivity contribution in [2.24, 2.45) is 0 Å². The van der Waals surface area contributed by atoms with Gasteiger partial charge in [-0.25, -0.2) is 0 Å². The fourth-order valence-electron chi connectivity index (χ4n) is 0.608. The summed E-state index contributed by atoms with van der Waals surface area (Å²) in [5.41, 5.74) is -5.46. The van der Waals surface area contributed by atoms with Crippen molar-refractivity contribution in [1.29, 1.82) is 0 Å². The summed E-state index contributed by atoms with van der Waals surface area (Å²) in [6, 6.07) is 0. The van der Waals surface area contributed by atoms with Gasteiger partial charge in [0.1, 0.15) is 6.26 Å². The highest BCUT2D eigenvalue weighted by Gasteiger charge is 2.48. The van der Waals surface area contributed by atoms with E-state index in [1.807, 2.05) is 0 Å². The van der Waals surface area contributed by atoms with E-state index in [4.69, 9.17) is 0 Å². The molecule has 84 valence electrons. The van der Waals surface area contributed by atoms with Gasteiger partial charge in [-0.15, -0.1) is 0 Å². The van der Waals surface area contributed by atoms with E-state index in [9.17, 15) is 21.6 Å². The van der Waals surface area contributed by atoms with E-state index in [2.05, 4.69) is 8.92 Å². The molecule has 0 saturated carbocycles. The Morgan fingerprint density at radius 2 is 1.93 bits per heavy atom. The molecule has 0 radical (unpaired) electrons. The zero-order chi connectivity index (χ0) is 11.5. The molecule has 0 spiro atoms. The van der Waals surface area contributed by atoms with Crippen LogP contribution in [0.25, 0.3) is 0 Å². The van der Waals surface area contributed by atoms with Gasteiger partial charge in [0, 0.05) is 0 Å². The highest BCUT2D eigenvalue weighted by atomic mass is 32.2. The first-order chi connectivity index (χ1) is 6.83. The molecular weight excluding hydrogens is 237 g/mol. The molecule has 1 aliphatic rings. The van der Waals surface area contributed by atoms with Crippen LogP contribution in [-0.2, 0) is 19.0 Å². The summed E-state index contributed by atoms with van der Waals surface area (Å²) in [6.07, 6.45) is 5.53. The lowest BCUT2D eigenvalue weighted by Gasteiger charge is -2.08. The monoisotopic (exact) mass is 242 g/mol. The predicted octanol–water partition coefficient (Wildman–Crippen LogP) is 1.79. The molecule has 1 rings (SSSR count). The van der Waals surface area contributed by atoms with Crippen LogP contribution in [0.15, 0.2) is 36.5 Å². The highest BCUT2D eigenvalue weighted by Crippen LogP contribution is 2.27. The average molecular weight is 242 g/mol. The zero-order valence-electron chi connectivity index (χ0n) is 7.06. The van der Waals surface area contributed by atoms with Crippen molar-refractivity contribution >= 4 is 10.1 Å². The summed E-state index contributed by atoms with van der Waals surface area (Å²) in [4.78, 5) is 0. The second-order valence-corrected chi connectivity index (χ2v) is 3.86. The minimum Gasteiger partial charge on any atom is -0.469 e. The van der Waals surface area contributed by atoms with Crippen LogP contribution in [-0.4, -0.2) is 13.9 Å².